The second-order valence-corrected chi connectivity index (χ2v) is 10.7. The molecule has 0 unspecified atom stereocenters. The van der Waals surface area contributed by atoms with Crippen molar-refractivity contribution in [2.45, 2.75) is 32.9 Å². The van der Waals surface area contributed by atoms with Gasteiger partial charge in [0.1, 0.15) is 33.7 Å². The van der Waals surface area contributed by atoms with Gasteiger partial charge in [-0.2, -0.15) is 0 Å². The highest BCUT2D eigenvalue weighted by Gasteiger charge is 2.40. The largest absolute Gasteiger partial charge is 0.489 e. The minimum atomic E-state index is -1.10. The number of carbonyl (C=O) groups excluding carboxylic acids is 1. The molecular weight excluding hydrogens is 523 g/mol. The monoisotopic (exact) mass is 544 g/mol. The van der Waals surface area contributed by atoms with Gasteiger partial charge in [-0.25, -0.2) is 14.2 Å². The van der Waals surface area contributed by atoms with Crippen LogP contribution in [0.2, 0.25) is 5.15 Å². The van der Waals surface area contributed by atoms with Crippen molar-refractivity contribution < 1.29 is 23.8 Å². The molecule has 1 aliphatic rings. The number of nitrogens with zero attached hydrogens (tertiary/aromatic N) is 2. The molecular formula is C26H22ClFN2O4S2. The third-order valence-corrected chi connectivity index (χ3v) is 7.12. The van der Waals surface area contributed by atoms with Gasteiger partial charge in [0, 0.05) is 10.9 Å². The van der Waals surface area contributed by atoms with Crippen molar-refractivity contribution in [2.75, 3.05) is 0 Å². The van der Waals surface area contributed by atoms with E-state index >= 15 is 0 Å². The molecule has 0 bridgehead atoms. The summed E-state index contributed by atoms with van der Waals surface area (Å²) in [6.45, 7) is 4.05. The van der Waals surface area contributed by atoms with Crippen LogP contribution in [0.3, 0.4) is 0 Å². The maximum Gasteiger partial charge on any atom is 0.326 e. The molecule has 1 N–H and O–H groups in total. The molecule has 0 saturated carbocycles. The minimum Gasteiger partial charge on any atom is -0.489 e. The van der Waals surface area contributed by atoms with Crippen molar-refractivity contribution >= 4 is 68.8 Å². The second kappa shape index (κ2) is 10.9. The molecule has 3 aromatic rings. The van der Waals surface area contributed by atoms with Gasteiger partial charge in [0.2, 0.25) is 0 Å². The van der Waals surface area contributed by atoms with Gasteiger partial charge >= 0.3 is 5.97 Å². The topological polar surface area (TPSA) is 79.7 Å². The smallest absolute Gasteiger partial charge is 0.326 e. The predicted octanol–water partition coefficient (Wildman–Crippen LogP) is 6.31. The number of benzene rings is 2. The number of carboxylic acid groups (broad SMARTS) is 1. The van der Waals surface area contributed by atoms with Gasteiger partial charge < -0.3 is 9.84 Å². The summed E-state index contributed by atoms with van der Waals surface area (Å²) in [5.41, 5.74) is 1.96. The van der Waals surface area contributed by atoms with Crippen molar-refractivity contribution in [1.82, 2.24) is 9.88 Å². The Balaban J connectivity index is 1.59. The molecule has 0 radical (unpaired) electrons. The number of amides is 1. The van der Waals surface area contributed by atoms with E-state index in [1.54, 1.807) is 42.5 Å². The standard InChI is InChI=1S/C26H22ClFN2O4S2/c1-14(2)9-21(25(32)33)30-24(31)22(36-26(30)35)12-17-10-16-11-19(7-8-20(16)29-23(17)27)34-13-15-3-5-18(28)6-4-15/h3-8,10-12,14,21H,9,13H2,1-2H3,(H,32,33)/b22-12-/t21-/m0/s1. The second-order valence-electron chi connectivity index (χ2n) is 8.67. The first-order chi connectivity index (χ1) is 17.1. The number of ether oxygens (including phenoxy) is 1. The average molecular weight is 545 g/mol. The SMILES string of the molecule is CC(C)C[C@@H](C(=O)O)N1C(=O)/C(=C/c2cc3cc(OCc4ccc(F)cc4)ccc3nc2Cl)SC1=S. The Labute approximate surface area is 222 Å². The van der Waals surface area contributed by atoms with E-state index in [0.717, 1.165) is 27.6 Å². The first-order valence-corrected chi connectivity index (χ1v) is 12.7. The van der Waals surface area contributed by atoms with E-state index in [2.05, 4.69) is 4.98 Å². The van der Waals surface area contributed by atoms with Crippen LogP contribution in [0.5, 0.6) is 5.75 Å². The highest BCUT2D eigenvalue weighted by atomic mass is 35.5. The van der Waals surface area contributed by atoms with E-state index in [4.69, 9.17) is 28.6 Å². The Morgan fingerprint density at radius 1 is 1.25 bits per heavy atom. The summed E-state index contributed by atoms with van der Waals surface area (Å²) < 4.78 is 19.1. The first kappa shape index (κ1) is 26.1. The summed E-state index contributed by atoms with van der Waals surface area (Å²) >= 11 is 12.8. The van der Waals surface area contributed by atoms with Gasteiger partial charge in [-0.05, 0) is 60.4 Å². The molecule has 2 heterocycles. The lowest BCUT2D eigenvalue weighted by molar-refractivity contribution is -0.145. The molecule has 0 spiro atoms. The van der Waals surface area contributed by atoms with Crippen LogP contribution < -0.4 is 4.74 Å². The van der Waals surface area contributed by atoms with Crippen molar-refractivity contribution in [2.24, 2.45) is 5.92 Å². The third-order valence-electron chi connectivity index (χ3n) is 5.49. The van der Waals surface area contributed by atoms with Crippen LogP contribution in [0.4, 0.5) is 4.39 Å². The van der Waals surface area contributed by atoms with Crippen molar-refractivity contribution in [3.63, 3.8) is 0 Å². The van der Waals surface area contributed by atoms with Crippen LogP contribution >= 0.6 is 35.6 Å². The van der Waals surface area contributed by atoms with Crippen LogP contribution in [0.15, 0.2) is 53.4 Å². The Kier molecular flexibility index (Phi) is 7.92. The zero-order chi connectivity index (χ0) is 26.0. The number of thioether (sulfide) groups is 1. The summed E-state index contributed by atoms with van der Waals surface area (Å²) in [6.07, 6.45) is 1.86. The summed E-state index contributed by atoms with van der Waals surface area (Å²) in [7, 11) is 0. The molecule has 1 aliphatic heterocycles. The Bertz CT molecular complexity index is 1380. The molecule has 186 valence electrons. The van der Waals surface area contributed by atoms with E-state index < -0.39 is 17.9 Å². The Hall–Kier alpha value is -3.01. The lowest BCUT2D eigenvalue weighted by Crippen LogP contribution is -2.44. The van der Waals surface area contributed by atoms with E-state index in [0.29, 0.717) is 16.8 Å². The quantitative estimate of drug-likeness (QED) is 0.202. The van der Waals surface area contributed by atoms with E-state index in [1.807, 2.05) is 13.8 Å². The molecule has 1 fully saturated rings. The molecule has 6 nitrogen and oxygen atoms in total. The molecule has 1 amide bonds. The zero-order valence-corrected chi connectivity index (χ0v) is 21.8. The number of fused-ring (bicyclic) bond motifs is 1. The van der Waals surface area contributed by atoms with E-state index in [9.17, 15) is 19.1 Å². The summed E-state index contributed by atoms with van der Waals surface area (Å²) in [5.74, 6) is -1.22. The predicted molar refractivity (Wildman–Crippen MR) is 143 cm³/mol. The Morgan fingerprint density at radius 3 is 2.64 bits per heavy atom. The molecule has 2 aromatic carbocycles. The number of carboxylic acids is 1. The van der Waals surface area contributed by atoms with Gasteiger partial charge in [-0.1, -0.05) is 61.6 Å². The van der Waals surface area contributed by atoms with Crippen LogP contribution in [-0.4, -0.2) is 37.2 Å². The average Bonchev–Trinajstić information content (AvgIpc) is 3.09. The maximum atomic E-state index is 13.1. The van der Waals surface area contributed by atoms with Gasteiger partial charge in [0.25, 0.3) is 5.91 Å². The Morgan fingerprint density at radius 2 is 1.97 bits per heavy atom. The van der Waals surface area contributed by atoms with E-state index in [1.165, 1.54) is 12.1 Å². The van der Waals surface area contributed by atoms with Crippen molar-refractivity contribution in [3.8, 4) is 5.75 Å². The van der Waals surface area contributed by atoms with Crippen LogP contribution in [0.1, 0.15) is 31.4 Å². The number of carbonyl (C=O) groups is 2. The van der Waals surface area contributed by atoms with Crippen LogP contribution in [0, 0.1) is 11.7 Å². The highest BCUT2D eigenvalue weighted by Crippen LogP contribution is 2.36. The van der Waals surface area contributed by atoms with E-state index in [-0.39, 0.29) is 39.1 Å². The fourth-order valence-electron chi connectivity index (χ4n) is 3.74. The number of aromatic nitrogens is 1. The first-order valence-electron chi connectivity index (χ1n) is 11.1. The highest BCUT2D eigenvalue weighted by molar-refractivity contribution is 8.26. The van der Waals surface area contributed by atoms with Crippen molar-refractivity contribution in [3.05, 3.63) is 75.5 Å². The number of pyridine rings is 1. The lowest BCUT2D eigenvalue weighted by Gasteiger charge is -2.24. The molecule has 4 rings (SSSR count). The number of rotatable bonds is 8. The normalized spacial score (nSPS) is 15.8. The fourth-order valence-corrected chi connectivity index (χ4v) is 5.29. The van der Waals surface area contributed by atoms with Gasteiger partial charge in [-0.15, -0.1) is 0 Å². The molecule has 0 aliphatic carbocycles. The number of thiocarbonyl (C=S) groups is 1. The minimum absolute atomic E-state index is 0.0679. The number of halogens is 2. The van der Waals surface area contributed by atoms with Gasteiger partial charge in [0.05, 0.1) is 10.4 Å². The van der Waals surface area contributed by atoms with Crippen LogP contribution in [0.25, 0.3) is 17.0 Å². The summed E-state index contributed by atoms with van der Waals surface area (Å²) in [5, 5.41) is 10.6. The summed E-state index contributed by atoms with van der Waals surface area (Å²) in [6, 6.07) is 12.1. The maximum absolute atomic E-state index is 13.1. The molecule has 10 heteroatoms. The zero-order valence-electron chi connectivity index (χ0n) is 19.4. The van der Waals surface area contributed by atoms with Crippen molar-refractivity contribution in [1.29, 1.82) is 0 Å². The number of aliphatic carboxylic acids is 1. The third kappa shape index (κ3) is 5.86. The van der Waals surface area contributed by atoms with Gasteiger partial charge in [-0.3, -0.25) is 9.69 Å². The fraction of sp³-hybridized carbons (Fsp3) is 0.231. The molecule has 1 aromatic heterocycles. The lowest BCUT2D eigenvalue weighted by atomic mass is 10.0. The van der Waals surface area contributed by atoms with Crippen LogP contribution in [-0.2, 0) is 16.2 Å². The van der Waals surface area contributed by atoms with Gasteiger partial charge in [0.15, 0.2) is 0 Å². The molecule has 1 atom stereocenters. The number of hydrogen-bond donors (Lipinski definition) is 1. The molecule has 36 heavy (non-hydrogen) atoms. The number of hydrogen-bond acceptors (Lipinski definition) is 6. The molecule has 1 saturated heterocycles. The summed E-state index contributed by atoms with van der Waals surface area (Å²) in [4.78, 5) is 30.8.